The molecule has 0 atom stereocenters. The van der Waals surface area contributed by atoms with Crippen molar-refractivity contribution in [1.29, 1.82) is 0 Å². The average Bonchev–Trinajstić information content (AvgIpc) is 2.87. The molecule has 1 aromatic rings. The molecule has 1 fully saturated rings. The molecule has 0 saturated carbocycles. The molecular weight excluding hydrogens is 360 g/mol. The molecule has 0 spiro atoms. The van der Waals surface area contributed by atoms with Crippen molar-refractivity contribution in [2.75, 3.05) is 25.6 Å². The van der Waals surface area contributed by atoms with Crippen molar-refractivity contribution in [3.05, 3.63) is 46.9 Å². The van der Waals surface area contributed by atoms with E-state index >= 15 is 0 Å². The van der Waals surface area contributed by atoms with Gasteiger partial charge in [0.25, 0.3) is 11.1 Å². The molecule has 27 heavy (non-hydrogen) atoms. The summed E-state index contributed by atoms with van der Waals surface area (Å²) in [5.41, 5.74) is 4.02. The molecule has 0 aromatic heterocycles. The molecule has 3 rings (SSSR count). The van der Waals surface area contributed by atoms with Crippen LogP contribution in [0.3, 0.4) is 0 Å². The van der Waals surface area contributed by atoms with E-state index in [-0.39, 0.29) is 23.2 Å². The van der Waals surface area contributed by atoms with E-state index in [0.29, 0.717) is 10.7 Å². The van der Waals surface area contributed by atoms with Gasteiger partial charge < -0.3 is 9.64 Å². The van der Waals surface area contributed by atoms with Crippen molar-refractivity contribution in [2.45, 2.75) is 26.3 Å². The summed E-state index contributed by atoms with van der Waals surface area (Å²) in [4.78, 5) is 28.4. The number of hydrogen-bond donors (Lipinski definition) is 0. The van der Waals surface area contributed by atoms with Crippen LogP contribution < -0.4 is 9.64 Å². The third kappa shape index (κ3) is 3.30. The second-order valence-electron chi connectivity index (χ2n) is 7.23. The van der Waals surface area contributed by atoms with E-state index in [9.17, 15) is 9.59 Å². The minimum absolute atomic E-state index is 0.100. The second kappa shape index (κ2) is 6.93. The predicted molar refractivity (Wildman–Crippen MR) is 112 cm³/mol. The van der Waals surface area contributed by atoms with Gasteiger partial charge in [-0.1, -0.05) is 12.2 Å². The number of methoxy groups -OCH3 is 1. The fourth-order valence-electron chi connectivity index (χ4n) is 3.41. The van der Waals surface area contributed by atoms with Crippen LogP contribution in [-0.4, -0.2) is 42.3 Å². The van der Waals surface area contributed by atoms with Gasteiger partial charge >= 0.3 is 0 Å². The molecule has 1 saturated heterocycles. The van der Waals surface area contributed by atoms with E-state index in [1.165, 1.54) is 10.5 Å². The van der Waals surface area contributed by atoms with E-state index in [2.05, 4.69) is 45.4 Å². The summed E-state index contributed by atoms with van der Waals surface area (Å²) >= 11 is 0.944. The minimum Gasteiger partial charge on any atom is -0.496 e. The van der Waals surface area contributed by atoms with Crippen molar-refractivity contribution in [2.24, 2.45) is 0 Å². The van der Waals surface area contributed by atoms with Crippen LogP contribution in [0.5, 0.6) is 5.75 Å². The van der Waals surface area contributed by atoms with Crippen LogP contribution in [0.1, 0.15) is 31.9 Å². The summed E-state index contributed by atoms with van der Waals surface area (Å²) < 4.78 is 5.58. The van der Waals surface area contributed by atoms with Crippen molar-refractivity contribution in [3.8, 4) is 5.75 Å². The van der Waals surface area contributed by atoms with Crippen molar-refractivity contribution >= 4 is 40.2 Å². The lowest BCUT2D eigenvalue weighted by atomic mass is 9.88. The standard InChI is InChI=1S/C21H24N2O3S/c1-7-8-23-19(24)18(27-20(23)25)10-14-9-15-13(2)12-21(3,4)22(5)16(15)11-17(14)26-6/h7,9-12H,1,8H2,2-6H3/b18-10+. The third-order valence-corrected chi connectivity index (χ3v) is 5.95. The molecule has 142 valence electrons. The molecule has 5 nitrogen and oxygen atoms in total. The Kier molecular flexibility index (Phi) is 4.95. The molecule has 0 N–H and O–H groups in total. The lowest BCUT2D eigenvalue weighted by Gasteiger charge is -2.41. The first-order valence-electron chi connectivity index (χ1n) is 8.71. The van der Waals surface area contributed by atoms with E-state index in [4.69, 9.17) is 4.74 Å². The average molecular weight is 385 g/mol. The van der Waals surface area contributed by atoms with Gasteiger partial charge in [0.1, 0.15) is 5.75 Å². The highest BCUT2D eigenvalue weighted by Gasteiger charge is 2.35. The number of carbonyl (C=O) groups excluding carboxylic acids is 2. The zero-order chi connectivity index (χ0) is 19.9. The molecule has 2 amide bonds. The number of fused-ring (bicyclic) bond motifs is 1. The number of amides is 2. The van der Waals surface area contributed by atoms with Gasteiger partial charge in [-0.3, -0.25) is 14.5 Å². The summed E-state index contributed by atoms with van der Waals surface area (Å²) in [6, 6.07) is 4.01. The lowest BCUT2D eigenvalue weighted by Crippen LogP contribution is -2.42. The zero-order valence-corrected chi connectivity index (χ0v) is 17.1. The van der Waals surface area contributed by atoms with Gasteiger partial charge in [0, 0.05) is 36.5 Å². The number of nitrogens with zero attached hydrogens (tertiary/aromatic N) is 2. The van der Waals surface area contributed by atoms with E-state index in [1.807, 2.05) is 12.1 Å². The van der Waals surface area contributed by atoms with Gasteiger partial charge in [0.15, 0.2) is 0 Å². The smallest absolute Gasteiger partial charge is 0.293 e. The minimum atomic E-state index is -0.296. The quantitative estimate of drug-likeness (QED) is 0.563. The number of allylic oxidation sites excluding steroid dienone is 1. The Labute approximate surface area is 164 Å². The second-order valence-corrected chi connectivity index (χ2v) is 8.23. The van der Waals surface area contributed by atoms with Crippen LogP contribution in [0.15, 0.2) is 35.8 Å². The maximum atomic E-state index is 12.5. The summed E-state index contributed by atoms with van der Waals surface area (Å²) in [5.74, 6) is 0.372. The molecule has 0 unspecified atom stereocenters. The van der Waals surface area contributed by atoms with E-state index in [1.54, 1.807) is 19.3 Å². The maximum absolute atomic E-state index is 12.5. The fraction of sp³-hybridized carbons (Fsp3) is 0.333. The molecule has 2 aliphatic rings. The van der Waals surface area contributed by atoms with Gasteiger partial charge in [0.05, 0.1) is 17.6 Å². The van der Waals surface area contributed by atoms with Crippen LogP contribution in [0.4, 0.5) is 10.5 Å². The number of likely N-dealkylation sites (N-methyl/N-ethyl adjacent to an activating group) is 1. The third-order valence-electron chi connectivity index (χ3n) is 5.04. The zero-order valence-electron chi connectivity index (χ0n) is 16.3. The number of benzene rings is 1. The largest absolute Gasteiger partial charge is 0.496 e. The maximum Gasteiger partial charge on any atom is 0.293 e. The van der Waals surface area contributed by atoms with Crippen LogP contribution in [-0.2, 0) is 4.79 Å². The highest BCUT2D eigenvalue weighted by atomic mass is 32.2. The van der Waals surface area contributed by atoms with Gasteiger partial charge in [-0.2, -0.15) is 0 Å². The van der Waals surface area contributed by atoms with Crippen LogP contribution in [0.25, 0.3) is 11.6 Å². The summed E-state index contributed by atoms with van der Waals surface area (Å²) in [7, 11) is 3.67. The molecule has 6 heteroatoms. The van der Waals surface area contributed by atoms with Gasteiger partial charge in [-0.05, 0) is 50.2 Å². The molecule has 2 heterocycles. The Hall–Kier alpha value is -2.47. The Morgan fingerprint density at radius 2 is 2.00 bits per heavy atom. The highest BCUT2D eigenvalue weighted by Crippen LogP contribution is 2.42. The Morgan fingerprint density at radius 1 is 1.30 bits per heavy atom. The van der Waals surface area contributed by atoms with Crippen molar-refractivity contribution in [1.82, 2.24) is 4.90 Å². The Balaban J connectivity index is 2.08. The number of imide groups is 1. The molecule has 1 aromatic carbocycles. The Morgan fingerprint density at radius 3 is 2.63 bits per heavy atom. The highest BCUT2D eigenvalue weighted by molar-refractivity contribution is 8.18. The molecule has 0 bridgehead atoms. The number of thioether (sulfide) groups is 1. The first-order chi connectivity index (χ1) is 12.7. The van der Waals surface area contributed by atoms with Gasteiger partial charge in [0.2, 0.25) is 0 Å². The van der Waals surface area contributed by atoms with E-state index in [0.717, 1.165) is 28.6 Å². The predicted octanol–water partition coefficient (Wildman–Crippen LogP) is 4.55. The van der Waals surface area contributed by atoms with Crippen LogP contribution in [0.2, 0.25) is 0 Å². The number of ether oxygens (including phenoxy) is 1. The monoisotopic (exact) mass is 384 g/mol. The van der Waals surface area contributed by atoms with Crippen LogP contribution >= 0.6 is 11.8 Å². The summed E-state index contributed by atoms with van der Waals surface area (Å²) in [5, 5.41) is -0.277. The number of carbonyl (C=O) groups is 2. The number of rotatable bonds is 4. The molecular formula is C21H24N2O3S. The van der Waals surface area contributed by atoms with Crippen LogP contribution in [0, 0.1) is 0 Å². The molecule has 2 aliphatic heterocycles. The lowest BCUT2D eigenvalue weighted by molar-refractivity contribution is -0.122. The van der Waals surface area contributed by atoms with E-state index < -0.39 is 0 Å². The topological polar surface area (TPSA) is 49.9 Å². The summed E-state index contributed by atoms with van der Waals surface area (Å²) in [6.45, 7) is 10.2. The first-order valence-corrected chi connectivity index (χ1v) is 9.53. The van der Waals surface area contributed by atoms with Gasteiger partial charge in [-0.15, -0.1) is 6.58 Å². The SMILES string of the molecule is C=CCN1C(=O)S/C(=C/c2cc3c(cc2OC)N(C)C(C)(C)C=C3C)C1=O. The molecule has 0 aliphatic carbocycles. The normalized spacial score (nSPS) is 20.0. The first kappa shape index (κ1) is 19.3. The summed E-state index contributed by atoms with van der Waals surface area (Å²) in [6.07, 6.45) is 5.51. The number of hydrogen-bond acceptors (Lipinski definition) is 5. The Bertz CT molecular complexity index is 899. The number of anilines is 1. The van der Waals surface area contributed by atoms with Crippen molar-refractivity contribution < 1.29 is 14.3 Å². The van der Waals surface area contributed by atoms with Gasteiger partial charge in [-0.25, -0.2) is 0 Å². The fourth-order valence-corrected chi connectivity index (χ4v) is 4.25. The van der Waals surface area contributed by atoms with Crippen molar-refractivity contribution in [3.63, 3.8) is 0 Å². The molecule has 0 radical (unpaired) electrons.